The number of rotatable bonds is 1. The lowest BCUT2D eigenvalue weighted by Gasteiger charge is -2.23. The van der Waals surface area contributed by atoms with E-state index in [0.29, 0.717) is 0 Å². The SMILES string of the molecule is c1cncc(C2NCCc3occc32)c1. The summed E-state index contributed by atoms with van der Waals surface area (Å²) in [7, 11) is 0. The van der Waals surface area contributed by atoms with Crippen LogP contribution in [-0.2, 0) is 6.42 Å². The van der Waals surface area contributed by atoms with Crippen molar-refractivity contribution in [3.8, 4) is 0 Å². The van der Waals surface area contributed by atoms with Gasteiger partial charge in [0, 0.05) is 30.9 Å². The fourth-order valence-electron chi connectivity index (χ4n) is 2.10. The van der Waals surface area contributed by atoms with Gasteiger partial charge in [0.1, 0.15) is 5.76 Å². The van der Waals surface area contributed by atoms with Crippen LogP contribution in [-0.4, -0.2) is 11.5 Å². The van der Waals surface area contributed by atoms with Gasteiger partial charge in [-0.25, -0.2) is 0 Å². The van der Waals surface area contributed by atoms with E-state index in [9.17, 15) is 0 Å². The van der Waals surface area contributed by atoms with Gasteiger partial charge in [0.05, 0.1) is 12.3 Å². The van der Waals surface area contributed by atoms with Crippen LogP contribution in [0.3, 0.4) is 0 Å². The van der Waals surface area contributed by atoms with Gasteiger partial charge in [0.15, 0.2) is 0 Å². The summed E-state index contributed by atoms with van der Waals surface area (Å²) in [5, 5.41) is 3.48. The highest BCUT2D eigenvalue weighted by Gasteiger charge is 2.23. The number of aromatic nitrogens is 1. The second kappa shape index (κ2) is 3.51. The lowest BCUT2D eigenvalue weighted by molar-refractivity contribution is 0.455. The zero-order valence-electron chi connectivity index (χ0n) is 8.31. The van der Waals surface area contributed by atoms with Crippen LogP contribution >= 0.6 is 0 Å². The Morgan fingerprint density at radius 1 is 1.40 bits per heavy atom. The van der Waals surface area contributed by atoms with Crippen LogP contribution in [0.5, 0.6) is 0 Å². The molecule has 0 saturated heterocycles. The van der Waals surface area contributed by atoms with Crippen LogP contribution in [0.2, 0.25) is 0 Å². The van der Waals surface area contributed by atoms with Crippen LogP contribution in [0, 0.1) is 0 Å². The van der Waals surface area contributed by atoms with Gasteiger partial charge in [0.2, 0.25) is 0 Å². The lowest BCUT2D eigenvalue weighted by Crippen LogP contribution is -2.29. The fourth-order valence-corrected chi connectivity index (χ4v) is 2.10. The summed E-state index contributed by atoms with van der Waals surface area (Å²) in [5.41, 5.74) is 2.44. The van der Waals surface area contributed by atoms with Crippen LogP contribution in [0.1, 0.15) is 22.9 Å². The van der Waals surface area contributed by atoms with E-state index in [0.717, 1.165) is 18.7 Å². The number of hydrogen-bond donors (Lipinski definition) is 1. The third-order valence-electron chi connectivity index (χ3n) is 2.81. The number of nitrogens with zero attached hydrogens (tertiary/aromatic N) is 1. The molecule has 0 amide bonds. The van der Waals surface area contributed by atoms with Crippen molar-refractivity contribution in [1.82, 2.24) is 10.3 Å². The third kappa shape index (κ3) is 1.45. The van der Waals surface area contributed by atoms with Crippen LogP contribution < -0.4 is 5.32 Å². The molecule has 76 valence electrons. The van der Waals surface area contributed by atoms with Crippen LogP contribution in [0.15, 0.2) is 41.3 Å². The maximum Gasteiger partial charge on any atom is 0.110 e. The quantitative estimate of drug-likeness (QED) is 0.764. The van der Waals surface area contributed by atoms with E-state index in [4.69, 9.17) is 4.42 Å². The largest absolute Gasteiger partial charge is 0.469 e. The average molecular weight is 200 g/mol. The molecule has 15 heavy (non-hydrogen) atoms. The lowest BCUT2D eigenvalue weighted by atomic mass is 9.96. The summed E-state index contributed by atoms with van der Waals surface area (Å²) in [5.74, 6) is 1.10. The topological polar surface area (TPSA) is 38.1 Å². The molecule has 0 spiro atoms. The molecule has 3 heteroatoms. The van der Waals surface area contributed by atoms with E-state index >= 15 is 0 Å². The Kier molecular flexibility index (Phi) is 2.03. The predicted molar refractivity (Wildman–Crippen MR) is 56.5 cm³/mol. The molecule has 0 fully saturated rings. The zero-order valence-corrected chi connectivity index (χ0v) is 8.31. The Morgan fingerprint density at radius 2 is 2.40 bits per heavy atom. The molecule has 0 aromatic carbocycles. The summed E-state index contributed by atoms with van der Waals surface area (Å²) in [6.45, 7) is 0.958. The molecule has 1 N–H and O–H groups in total. The molecule has 3 heterocycles. The molecular weight excluding hydrogens is 188 g/mol. The predicted octanol–water partition coefficient (Wildman–Crippen LogP) is 1.91. The fraction of sp³-hybridized carbons (Fsp3) is 0.250. The Hall–Kier alpha value is -1.61. The maximum absolute atomic E-state index is 5.45. The van der Waals surface area contributed by atoms with Gasteiger partial charge in [-0.1, -0.05) is 6.07 Å². The number of furan rings is 1. The molecule has 1 aliphatic rings. The van der Waals surface area contributed by atoms with E-state index in [1.807, 2.05) is 18.3 Å². The van der Waals surface area contributed by atoms with Crippen molar-refractivity contribution in [1.29, 1.82) is 0 Å². The van der Waals surface area contributed by atoms with Crippen LogP contribution in [0.25, 0.3) is 0 Å². The first kappa shape index (κ1) is 8.68. The third-order valence-corrected chi connectivity index (χ3v) is 2.81. The van der Waals surface area contributed by atoms with E-state index in [1.165, 1.54) is 11.1 Å². The highest BCUT2D eigenvalue weighted by molar-refractivity contribution is 5.33. The number of pyridine rings is 1. The molecule has 3 rings (SSSR count). The number of hydrogen-bond acceptors (Lipinski definition) is 3. The normalized spacial score (nSPS) is 19.9. The van der Waals surface area contributed by atoms with E-state index in [1.54, 1.807) is 12.5 Å². The monoisotopic (exact) mass is 200 g/mol. The van der Waals surface area contributed by atoms with Gasteiger partial charge in [-0.3, -0.25) is 4.98 Å². The van der Waals surface area contributed by atoms with Gasteiger partial charge >= 0.3 is 0 Å². The highest BCUT2D eigenvalue weighted by Crippen LogP contribution is 2.28. The van der Waals surface area contributed by atoms with Crippen molar-refractivity contribution in [3.63, 3.8) is 0 Å². The summed E-state index contributed by atoms with van der Waals surface area (Å²) in [6, 6.07) is 6.33. The molecule has 0 aliphatic carbocycles. The standard InChI is InChI=1S/C12H12N2O/c1-2-9(8-13-5-1)12-10-4-7-15-11(10)3-6-14-12/h1-2,4-5,7-8,12,14H,3,6H2. The summed E-state index contributed by atoms with van der Waals surface area (Å²) >= 11 is 0. The van der Waals surface area contributed by atoms with Crippen molar-refractivity contribution >= 4 is 0 Å². The Balaban J connectivity index is 2.03. The number of nitrogens with one attached hydrogen (secondary N) is 1. The van der Waals surface area contributed by atoms with E-state index < -0.39 is 0 Å². The molecule has 2 aromatic rings. The minimum absolute atomic E-state index is 0.237. The molecule has 0 radical (unpaired) electrons. The molecule has 1 atom stereocenters. The van der Waals surface area contributed by atoms with Crippen molar-refractivity contribution in [2.75, 3.05) is 6.54 Å². The average Bonchev–Trinajstić information content (AvgIpc) is 2.78. The van der Waals surface area contributed by atoms with Gasteiger partial charge in [0.25, 0.3) is 0 Å². The van der Waals surface area contributed by atoms with E-state index in [-0.39, 0.29) is 6.04 Å². The minimum atomic E-state index is 0.237. The molecule has 2 aromatic heterocycles. The van der Waals surface area contributed by atoms with Crippen molar-refractivity contribution in [2.24, 2.45) is 0 Å². The molecule has 3 nitrogen and oxygen atoms in total. The molecule has 1 unspecified atom stereocenters. The molecule has 0 saturated carbocycles. The van der Waals surface area contributed by atoms with Crippen LogP contribution in [0.4, 0.5) is 0 Å². The first-order chi connectivity index (χ1) is 7.45. The first-order valence-corrected chi connectivity index (χ1v) is 5.15. The Bertz CT molecular complexity index is 450. The molecule has 1 aliphatic heterocycles. The van der Waals surface area contributed by atoms with Gasteiger partial charge in [-0.05, 0) is 17.7 Å². The van der Waals surface area contributed by atoms with Gasteiger partial charge in [-0.15, -0.1) is 0 Å². The summed E-state index contributed by atoms with van der Waals surface area (Å²) < 4.78 is 5.45. The second-order valence-corrected chi connectivity index (χ2v) is 3.72. The van der Waals surface area contributed by atoms with E-state index in [2.05, 4.69) is 16.4 Å². The minimum Gasteiger partial charge on any atom is -0.469 e. The maximum atomic E-state index is 5.45. The van der Waals surface area contributed by atoms with Crippen molar-refractivity contribution in [3.05, 3.63) is 53.7 Å². The van der Waals surface area contributed by atoms with Gasteiger partial charge in [-0.2, -0.15) is 0 Å². The summed E-state index contributed by atoms with van der Waals surface area (Å²) in [6.07, 6.45) is 6.43. The Morgan fingerprint density at radius 3 is 3.27 bits per heavy atom. The Labute approximate surface area is 88.1 Å². The second-order valence-electron chi connectivity index (χ2n) is 3.72. The van der Waals surface area contributed by atoms with Crippen molar-refractivity contribution < 1.29 is 4.42 Å². The first-order valence-electron chi connectivity index (χ1n) is 5.15. The zero-order chi connectivity index (χ0) is 10.1. The highest BCUT2D eigenvalue weighted by atomic mass is 16.3. The molecular formula is C12H12N2O. The smallest absolute Gasteiger partial charge is 0.110 e. The summed E-state index contributed by atoms with van der Waals surface area (Å²) in [4.78, 5) is 4.15. The van der Waals surface area contributed by atoms with Gasteiger partial charge < -0.3 is 9.73 Å². The number of fused-ring (bicyclic) bond motifs is 1. The van der Waals surface area contributed by atoms with Crippen molar-refractivity contribution in [2.45, 2.75) is 12.5 Å². The molecule has 0 bridgehead atoms.